The molecule has 0 saturated heterocycles. The second-order valence-corrected chi connectivity index (χ2v) is 11.1. The molecule has 1 saturated carbocycles. The Hall–Kier alpha value is -2.45. The zero-order valence-electron chi connectivity index (χ0n) is 18.5. The Morgan fingerprint density at radius 3 is 2.47 bits per heavy atom. The number of hydrogen-bond acceptors (Lipinski definition) is 5. The zero-order chi connectivity index (χ0) is 22.9. The van der Waals surface area contributed by atoms with Crippen LogP contribution in [0.3, 0.4) is 0 Å². The summed E-state index contributed by atoms with van der Waals surface area (Å²) in [6, 6.07) is 10.1. The molecule has 3 aromatic rings. The Bertz CT molecular complexity index is 1230. The van der Waals surface area contributed by atoms with Gasteiger partial charge in [0.05, 0.1) is 15.5 Å². The number of nitrogens with one attached hydrogen (secondary N) is 2. The number of anilines is 2. The van der Waals surface area contributed by atoms with Crippen LogP contribution < -0.4 is 10.0 Å². The summed E-state index contributed by atoms with van der Waals surface area (Å²) in [6.45, 7) is 5.32. The molecule has 2 aromatic carbocycles. The Morgan fingerprint density at radius 1 is 1.00 bits per heavy atom. The number of aromatic nitrogens is 1. The summed E-state index contributed by atoms with van der Waals surface area (Å²) >= 11 is 1.56. The SMILES string of the molecule is Cc1cc(NS(=O)(=O)c2cc(-c3sc(NC4CCCCC4)nc3C)ccc2C)ccc1F. The molecule has 0 radical (unpaired) electrons. The minimum atomic E-state index is -3.84. The van der Waals surface area contributed by atoms with Crippen LogP contribution in [0.5, 0.6) is 0 Å². The molecule has 8 heteroatoms. The van der Waals surface area contributed by atoms with Crippen molar-refractivity contribution in [2.75, 3.05) is 10.0 Å². The van der Waals surface area contributed by atoms with Gasteiger partial charge in [-0.3, -0.25) is 4.72 Å². The second kappa shape index (κ2) is 9.19. The van der Waals surface area contributed by atoms with Crippen molar-refractivity contribution in [1.29, 1.82) is 0 Å². The molecule has 0 atom stereocenters. The Balaban J connectivity index is 1.61. The van der Waals surface area contributed by atoms with Crippen LogP contribution in [0.1, 0.15) is 48.9 Å². The topological polar surface area (TPSA) is 71.1 Å². The van der Waals surface area contributed by atoms with Gasteiger partial charge < -0.3 is 5.32 Å². The van der Waals surface area contributed by atoms with E-state index in [0.717, 1.165) is 34.1 Å². The molecule has 170 valence electrons. The maximum Gasteiger partial charge on any atom is 0.262 e. The highest BCUT2D eigenvalue weighted by Gasteiger charge is 2.21. The van der Waals surface area contributed by atoms with E-state index < -0.39 is 10.0 Å². The number of thiazole rings is 1. The van der Waals surface area contributed by atoms with Crippen molar-refractivity contribution >= 4 is 32.2 Å². The number of halogens is 1. The molecule has 1 aromatic heterocycles. The van der Waals surface area contributed by atoms with Gasteiger partial charge in [-0.05, 0) is 74.6 Å². The third kappa shape index (κ3) is 4.96. The largest absolute Gasteiger partial charge is 0.359 e. The number of sulfonamides is 1. The van der Waals surface area contributed by atoms with Crippen molar-refractivity contribution in [3.8, 4) is 10.4 Å². The van der Waals surface area contributed by atoms with Crippen LogP contribution in [0.2, 0.25) is 0 Å². The predicted molar refractivity (Wildman–Crippen MR) is 129 cm³/mol. The normalized spacial score (nSPS) is 15.0. The molecule has 1 heterocycles. The standard InChI is InChI=1S/C24H28FN3O2S2/c1-15-9-10-18(23-17(3)26-24(31-23)27-19-7-5-4-6-8-19)14-22(15)32(29,30)28-20-11-12-21(25)16(2)13-20/h9-14,19,28H,4-8H2,1-3H3,(H,26,27). The van der Waals surface area contributed by atoms with Gasteiger partial charge in [0.2, 0.25) is 0 Å². The highest BCUT2D eigenvalue weighted by Crippen LogP contribution is 2.36. The molecule has 1 aliphatic rings. The molecular weight excluding hydrogens is 445 g/mol. The lowest BCUT2D eigenvalue weighted by Gasteiger charge is -2.22. The van der Waals surface area contributed by atoms with Crippen LogP contribution in [0, 0.1) is 26.6 Å². The molecule has 0 amide bonds. The third-order valence-corrected chi connectivity index (χ3v) is 8.54. The Morgan fingerprint density at radius 2 is 1.75 bits per heavy atom. The third-order valence-electron chi connectivity index (χ3n) is 5.88. The van der Waals surface area contributed by atoms with Gasteiger partial charge in [0.1, 0.15) is 5.82 Å². The molecule has 32 heavy (non-hydrogen) atoms. The Kier molecular flexibility index (Phi) is 6.53. The van der Waals surface area contributed by atoms with Crippen molar-refractivity contribution < 1.29 is 12.8 Å². The van der Waals surface area contributed by atoms with Gasteiger partial charge in [0, 0.05) is 11.7 Å². The fourth-order valence-corrected chi connectivity index (χ4v) is 6.46. The van der Waals surface area contributed by atoms with Gasteiger partial charge in [0.25, 0.3) is 10.0 Å². The first-order chi connectivity index (χ1) is 15.2. The van der Waals surface area contributed by atoms with E-state index >= 15 is 0 Å². The van der Waals surface area contributed by atoms with Crippen molar-refractivity contribution in [2.24, 2.45) is 0 Å². The van der Waals surface area contributed by atoms with E-state index in [4.69, 9.17) is 0 Å². The van der Waals surface area contributed by atoms with E-state index in [1.807, 2.05) is 19.1 Å². The average molecular weight is 474 g/mol. The lowest BCUT2D eigenvalue weighted by atomic mass is 9.96. The number of benzene rings is 2. The minimum absolute atomic E-state index is 0.201. The van der Waals surface area contributed by atoms with Crippen LogP contribution in [-0.2, 0) is 10.0 Å². The molecule has 0 unspecified atom stereocenters. The first-order valence-corrected chi connectivity index (χ1v) is 13.2. The van der Waals surface area contributed by atoms with Crippen molar-refractivity contribution in [1.82, 2.24) is 4.98 Å². The summed E-state index contributed by atoms with van der Waals surface area (Å²) in [5, 5.41) is 4.44. The molecular formula is C24H28FN3O2S2. The van der Waals surface area contributed by atoms with Crippen LogP contribution in [0.25, 0.3) is 10.4 Å². The summed E-state index contributed by atoms with van der Waals surface area (Å²) in [5.74, 6) is -0.371. The summed E-state index contributed by atoms with van der Waals surface area (Å²) in [4.78, 5) is 5.84. The van der Waals surface area contributed by atoms with Crippen molar-refractivity contribution in [3.63, 3.8) is 0 Å². The summed E-state index contributed by atoms with van der Waals surface area (Å²) < 4.78 is 42.4. The average Bonchev–Trinajstić information content (AvgIpc) is 3.11. The van der Waals surface area contributed by atoms with Crippen molar-refractivity contribution in [2.45, 2.75) is 63.8 Å². The molecule has 1 aliphatic carbocycles. The maximum atomic E-state index is 13.6. The predicted octanol–water partition coefficient (Wildman–Crippen LogP) is 6.42. The molecule has 5 nitrogen and oxygen atoms in total. The Labute approximate surface area is 193 Å². The van der Waals surface area contributed by atoms with E-state index in [2.05, 4.69) is 15.0 Å². The lowest BCUT2D eigenvalue weighted by molar-refractivity contribution is 0.462. The maximum absolute atomic E-state index is 13.6. The molecule has 0 spiro atoms. The van der Waals surface area contributed by atoms with Gasteiger partial charge in [-0.15, -0.1) is 0 Å². The van der Waals surface area contributed by atoms with E-state index in [-0.39, 0.29) is 10.7 Å². The van der Waals surface area contributed by atoms with Crippen LogP contribution in [-0.4, -0.2) is 19.4 Å². The van der Waals surface area contributed by atoms with Gasteiger partial charge in [-0.2, -0.15) is 0 Å². The fourth-order valence-electron chi connectivity index (χ4n) is 4.10. The van der Waals surface area contributed by atoms with Crippen molar-refractivity contribution in [3.05, 3.63) is 59.0 Å². The molecule has 0 aliphatic heterocycles. The molecule has 1 fully saturated rings. The van der Waals surface area contributed by atoms with Gasteiger partial charge in [0.15, 0.2) is 5.13 Å². The van der Waals surface area contributed by atoms with Gasteiger partial charge in [-0.1, -0.05) is 42.7 Å². The van der Waals surface area contributed by atoms with E-state index in [9.17, 15) is 12.8 Å². The first kappa shape index (κ1) is 22.7. The minimum Gasteiger partial charge on any atom is -0.359 e. The molecule has 0 bridgehead atoms. The monoisotopic (exact) mass is 473 g/mol. The van der Waals surface area contributed by atoms with Gasteiger partial charge >= 0.3 is 0 Å². The highest BCUT2D eigenvalue weighted by molar-refractivity contribution is 7.92. The van der Waals surface area contributed by atoms with E-state index in [0.29, 0.717) is 22.9 Å². The van der Waals surface area contributed by atoms with Crippen LogP contribution in [0.15, 0.2) is 41.3 Å². The van der Waals surface area contributed by atoms with Gasteiger partial charge in [-0.25, -0.2) is 17.8 Å². The highest BCUT2D eigenvalue weighted by atomic mass is 32.2. The zero-order valence-corrected chi connectivity index (χ0v) is 20.2. The number of aryl methyl sites for hydroxylation is 3. The second-order valence-electron chi connectivity index (χ2n) is 8.46. The summed E-state index contributed by atoms with van der Waals surface area (Å²) in [7, 11) is -3.84. The lowest BCUT2D eigenvalue weighted by Crippen LogP contribution is -2.21. The van der Waals surface area contributed by atoms with E-state index in [1.165, 1.54) is 37.5 Å². The number of hydrogen-bond donors (Lipinski definition) is 2. The smallest absolute Gasteiger partial charge is 0.262 e. The summed E-state index contributed by atoms with van der Waals surface area (Å²) in [6.07, 6.45) is 6.11. The fraction of sp³-hybridized carbons (Fsp3) is 0.375. The quantitative estimate of drug-likeness (QED) is 0.433. The molecule has 2 N–H and O–H groups in total. The van der Waals surface area contributed by atoms with E-state index in [1.54, 1.807) is 31.3 Å². The molecule has 4 rings (SSSR count). The first-order valence-electron chi connectivity index (χ1n) is 10.9. The number of rotatable bonds is 6. The van der Waals surface area contributed by atoms with Crippen LogP contribution in [0.4, 0.5) is 15.2 Å². The number of nitrogens with zero attached hydrogens (tertiary/aromatic N) is 1. The van der Waals surface area contributed by atoms with Crippen LogP contribution >= 0.6 is 11.3 Å². The summed E-state index contributed by atoms with van der Waals surface area (Å²) in [5.41, 5.74) is 3.05.